The van der Waals surface area contributed by atoms with E-state index in [1.165, 1.54) is 6.20 Å². The largest absolute Gasteiger partial charge is 0.366 e. The molecule has 0 saturated carbocycles. The number of carbonyl (C=O) groups excluding carboxylic acids is 1. The van der Waals surface area contributed by atoms with Crippen LogP contribution in [0.1, 0.15) is 10.4 Å². The number of hydrogen-bond acceptors (Lipinski definition) is 3. The fourth-order valence-corrected chi connectivity index (χ4v) is 2.02. The summed E-state index contributed by atoms with van der Waals surface area (Å²) in [5.74, 6) is 0.00308. The molecule has 0 fully saturated rings. The van der Waals surface area contributed by atoms with Crippen molar-refractivity contribution in [2.75, 3.05) is 0 Å². The first-order valence-corrected chi connectivity index (χ1v) is 5.93. The Balaban J connectivity index is 2.20. The molecule has 3 N–H and O–H groups in total. The Morgan fingerprint density at radius 3 is 2.84 bits per heavy atom. The molecule has 1 amide bonds. The van der Waals surface area contributed by atoms with E-state index in [4.69, 9.17) is 17.3 Å². The molecular formula is C13H9ClN4O. The summed E-state index contributed by atoms with van der Waals surface area (Å²) in [6.45, 7) is 0. The normalized spacial score (nSPS) is 10.8. The molecule has 0 aliphatic rings. The number of amides is 1. The monoisotopic (exact) mass is 272 g/mol. The van der Waals surface area contributed by atoms with Crippen LogP contribution in [0.2, 0.25) is 5.15 Å². The number of carbonyl (C=O) groups is 1. The quantitative estimate of drug-likeness (QED) is 0.703. The van der Waals surface area contributed by atoms with E-state index in [0.29, 0.717) is 17.0 Å². The van der Waals surface area contributed by atoms with E-state index in [9.17, 15) is 4.79 Å². The number of para-hydroxylation sites is 2. The van der Waals surface area contributed by atoms with Crippen LogP contribution in [0.15, 0.2) is 36.5 Å². The van der Waals surface area contributed by atoms with Crippen molar-refractivity contribution in [3.05, 3.63) is 47.2 Å². The third-order valence-corrected chi connectivity index (χ3v) is 3.07. The average Bonchev–Trinajstić information content (AvgIpc) is 2.82. The summed E-state index contributed by atoms with van der Waals surface area (Å²) in [7, 11) is 0. The second-order valence-electron chi connectivity index (χ2n) is 4.03. The Labute approximate surface area is 113 Å². The number of nitrogens with one attached hydrogen (secondary N) is 1. The van der Waals surface area contributed by atoms with Gasteiger partial charge in [-0.25, -0.2) is 9.97 Å². The van der Waals surface area contributed by atoms with Gasteiger partial charge in [-0.2, -0.15) is 0 Å². The maximum absolute atomic E-state index is 11.2. The SMILES string of the molecule is NC(=O)c1cnc(Cl)c(-c2nc3ccccc3[nH]2)c1. The first-order chi connectivity index (χ1) is 9.15. The van der Waals surface area contributed by atoms with Crippen molar-refractivity contribution in [2.24, 2.45) is 5.73 Å². The summed E-state index contributed by atoms with van der Waals surface area (Å²) in [5.41, 5.74) is 7.78. The Morgan fingerprint density at radius 1 is 1.32 bits per heavy atom. The van der Waals surface area contributed by atoms with Crippen molar-refractivity contribution in [3.8, 4) is 11.4 Å². The number of aromatic nitrogens is 3. The van der Waals surface area contributed by atoms with Crippen LogP contribution in [0.25, 0.3) is 22.4 Å². The molecule has 3 aromatic rings. The molecule has 0 aliphatic carbocycles. The molecule has 0 atom stereocenters. The molecule has 0 aliphatic heterocycles. The highest BCUT2D eigenvalue weighted by atomic mass is 35.5. The van der Waals surface area contributed by atoms with Gasteiger partial charge in [-0.1, -0.05) is 23.7 Å². The Bertz CT molecular complexity index is 748. The van der Waals surface area contributed by atoms with E-state index in [2.05, 4.69) is 15.0 Å². The van der Waals surface area contributed by atoms with Crippen LogP contribution < -0.4 is 5.73 Å². The lowest BCUT2D eigenvalue weighted by Gasteiger charge is -2.01. The number of aromatic amines is 1. The number of primary amides is 1. The first-order valence-electron chi connectivity index (χ1n) is 5.55. The standard InChI is InChI=1S/C13H9ClN4O/c14-11-8(5-7(6-16-11)12(15)19)13-17-9-3-1-2-4-10(9)18-13/h1-6H,(H2,15,19)(H,17,18). The number of imidazole rings is 1. The molecule has 94 valence electrons. The number of nitrogens with two attached hydrogens (primary N) is 1. The number of pyridine rings is 1. The van der Waals surface area contributed by atoms with Gasteiger partial charge in [-0.05, 0) is 18.2 Å². The molecule has 6 heteroatoms. The van der Waals surface area contributed by atoms with E-state index in [1.807, 2.05) is 24.3 Å². The minimum absolute atomic E-state index is 0.268. The maximum atomic E-state index is 11.2. The molecular weight excluding hydrogens is 264 g/mol. The minimum Gasteiger partial charge on any atom is -0.366 e. The number of fused-ring (bicyclic) bond motifs is 1. The molecule has 2 aromatic heterocycles. The molecule has 2 heterocycles. The zero-order valence-corrected chi connectivity index (χ0v) is 10.5. The van der Waals surface area contributed by atoms with Gasteiger partial charge in [0.05, 0.1) is 22.2 Å². The van der Waals surface area contributed by atoms with E-state index in [-0.39, 0.29) is 5.15 Å². The molecule has 3 rings (SSSR count). The van der Waals surface area contributed by atoms with Gasteiger partial charge in [0.15, 0.2) is 0 Å². The number of rotatable bonds is 2. The summed E-state index contributed by atoms with van der Waals surface area (Å²) in [6.07, 6.45) is 1.34. The predicted octanol–water partition coefficient (Wildman–Crippen LogP) is 2.38. The number of hydrogen-bond donors (Lipinski definition) is 2. The highest BCUT2D eigenvalue weighted by Crippen LogP contribution is 2.26. The summed E-state index contributed by atoms with van der Waals surface area (Å²) >= 11 is 6.04. The summed E-state index contributed by atoms with van der Waals surface area (Å²) in [4.78, 5) is 22.7. The van der Waals surface area contributed by atoms with Crippen molar-refractivity contribution < 1.29 is 4.79 Å². The van der Waals surface area contributed by atoms with Crippen LogP contribution in [0.5, 0.6) is 0 Å². The fraction of sp³-hybridized carbons (Fsp3) is 0. The van der Waals surface area contributed by atoms with Gasteiger partial charge in [-0.15, -0.1) is 0 Å². The van der Waals surface area contributed by atoms with E-state index < -0.39 is 5.91 Å². The summed E-state index contributed by atoms with van der Waals surface area (Å²) < 4.78 is 0. The lowest BCUT2D eigenvalue weighted by molar-refractivity contribution is 0.1000. The number of H-pyrrole nitrogens is 1. The zero-order valence-electron chi connectivity index (χ0n) is 9.72. The van der Waals surface area contributed by atoms with Crippen molar-refractivity contribution in [1.29, 1.82) is 0 Å². The maximum Gasteiger partial charge on any atom is 0.250 e. The smallest absolute Gasteiger partial charge is 0.250 e. The van der Waals surface area contributed by atoms with E-state index >= 15 is 0 Å². The molecule has 19 heavy (non-hydrogen) atoms. The summed E-state index contributed by atoms with van der Waals surface area (Å²) in [5, 5.41) is 0.268. The van der Waals surface area contributed by atoms with Gasteiger partial charge in [0.2, 0.25) is 5.91 Å². The first kappa shape index (κ1) is 11.7. The van der Waals surface area contributed by atoms with Crippen LogP contribution in [0.3, 0.4) is 0 Å². The molecule has 0 spiro atoms. The number of halogens is 1. The van der Waals surface area contributed by atoms with Crippen molar-refractivity contribution in [1.82, 2.24) is 15.0 Å². The third kappa shape index (κ3) is 2.04. The molecule has 0 saturated heterocycles. The Morgan fingerprint density at radius 2 is 2.11 bits per heavy atom. The number of nitrogens with zero attached hydrogens (tertiary/aromatic N) is 2. The Hall–Kier alpha value is -2.40. The average molecular weight is 273 g/mol. The second kappa shape index (κ2) is 4.37. The lowest BCUT2D eigenvalue weighted by atomic mass is 10.2. The van der Waals surface area contributed by atoms with Gasteiger partial charge in [-0.3, -0.25) is 4.79 Å². The van der Waals surface area contributed by atoms with Crippen LogP contribution in [0.4, 0.5) is 0 Å². The van der Waals surface area contributed by atoms with Gasteiger partial charge < -0.3 is 10.7 Å². The highest BCUT2D eigenvalue weighted by Gasteiger charge is 2.12. The van der Waals surface area contributed by atoms with Crippen LogP contribution in [-0.4, -0.2) is 20.9 Å². The zero-order chi connectivity index (χ0) is 13.4. The topological polar surface area (TPSA) is 84.7 Å². The molecule has 5 nitrogen and oxygen atoms in total. The molecule has 0 radical (unpaired) electrons. The van der Waals surface area contributed by atoms with Gasteiger partial charge in [0, 0.05) is 6.20 Å². The van der Waals surface area contributed by atoms with Gasteiger partial charge in [0.25, 0.3) is 0 Å². The molecule has 1 aromatic carbocycles. The third-order valence-electron chi connectivity index (χ3n) is 2.77. The highest BCUT2D eigenvalue weighted by molar-refractivity contribution is 6.32. The van der Waals surface area contributed by atoms with Crippen molar-refractivity contribution in [2.45, 2.75) is 0 Å². The van der Waals surface area contributed by atoms with Crippen LogP contribution in [-0.2, 0) is 0 Å². The van der Waals surface area contributed by atoms with Crippen molar-refractivity contribution in [3.63, 3.8) is 0 Å². The van der Waals surface area contributed by atoms with Gasteiger partial charge in [0.1, 0.15) is 11.0 Å². The minimum atomic E-state index is -0.554. The fourth-order valence-electron chi connectivity index (χ4n) is 1.83. The van der Waals surface area contributed by atoms with E-state index in [0.717, 1.165) is 11.0 Å². The number of benzene rings is 1. The van der Waals surface area contributed by atoms with Crippen molar-refractivity contribution >= 4 is 28.5 Å². The van der Waals surface area contributed by atoms with E-state index in [1.54, 1.807) is 6.07 Å². The van der Waals surface area contributed by atoms with Crippen LogP contribution in [0, 0.1) is 0 Å². The molecule has 0 unspecified atom stereocenters. The van der Waals surface area contributed by atoms with Gasteiger partial charge >= 0.3 is 0 Å². The second-order valence-corrected chi connectivity index (χ2v) is 4.39. The Kier molecular flexibility index (Phi) is 2.68. The van der Waals surface area contributed by atoms with Crippen LogP contribution >= 0.6 is 11.6 Å². The summed E-state index contributed by atoms with van der Waals surface area (Å²) in [6, 6.07) is 9.17. The lowest BCUT2D eigenvalue weighted by Crippen LogP contribution is -2.11. The molecule has 0 bridgehead atoms. The predicted molar refractivity (Wildman–Crippen MR) is 72.9 cm³/mol.